The Balaban J connectivity index is 2.09. The predicted molar refractivity (Wildman–Crippen MR) is 52.9 cm³/mol. The molecule has 2 heterocycles. The molecule has 1 saturated heterocycles. The van der Waals surface area contributed by atoms with Crippen molar-refractivity contribution in [3.05, 3.63) is 16.6 Å². The Morgan fingerprint density at radius 3 is 2.93 bits per heavy atom. The molecule has 74 valence electrons. The predicted octanol–water partition coefficient (Wildman–Crippen LogP) is 1.04. The second-order valence-electron chi connectivity index (χ2n) is 3.09. The summed E-state index contributed by atoms with van der Waals surface area (Å²) in [6.45, 7) is 3.05. The molecule has 1 aromatic heterocycles. The molecule has 0 amide bonds. The lowest BCUT2D eigenvalue weighted by Crippen LogP contribution is -2.38. The van der Waals surface area contributed by atoms with Crippen molar-refractivity contribution in [3.8, 4) is 6.07 Å². The first-order chi connectivity index (χ1) is 6.92. The number of hydrogen-bond donors (Lipinski definition) is 0. The fourth-order valence-corrected chi connectivity index (χ4v) is 2.10. The average molecular weight is 209 g/mol. The summed E-state index contributed by atoms with van der Waals surface area (Å²) in [4.78, 5) is 6.29. The number of hydrogen-bond acceptors (Lipinski definition) is 5. The van der Waals surface area contributed by atoms with E-state index < -0.39 is 0 Å². The van der Waals surface area contributed by atoms with E-state index in [2.05, 4.69) is 16.0 Å². The highest BCUT2D eigenvalue weighted by Crippen LogP contribution is 2.20. The van der Waals surface area contributed by atoms with Crippen molar-refractivity contribution in [2.24, 2.45) is 0 Å². The van der Waals surface area contributed by atoms with Crippen LogP contribution >= 0.6 is 11.3 Å². The highest BCUT2D eigenvalue weighted by atomic mass is 32.1. The van der Waals surface area contributed by atoms with Gasteiger partial charge >= 0.3 is 0 Å². The van der Waals surface area contributed by atoms with E-state index in [1.165, 1.54) is 11.3 Å². The summed E-state index contributed by atoms with van der Waals surface area (Å²) in [5.74, 6) is 0. The van der Waals surface area contributed by atoms with Gasteiger partial charge in [-0.2, -0.15) is 5.26 Å². The molecule has 4 nitrogen and oxygen atoms in total. The molecule has 0 radical (unpaired) electrons. The Labute approximate surface area is 86.7 Å². The third kappa shape index (κ3) is 1.93. The zero-order valence-electron chi connectivity index (χ0n) is 7.72. The van der Waals surface area contributed by atoms with E-state index in [0.29, 0.717) is 13.2 Å². The lowest BCUT2D eigenvalue weighted by Gasteiger charge is -2.29. The Hall–Kier alpha value is -0.960. The van der Waals surface area contributed by atoms with Crippen LogP contribution in [0.25, 0.3) is 0 Å². The quantitative estimate of drug-likeness (QED) is 0.730. The summed E-state index contributed by atoms with van der Waals surface area (Å²) in [6.07, 6.45) is 0. The highest BCUT2D eigenvalue weighted by Gasteiger charge is 2.23. The van der Waals surface area contributed by atoms with Gasteiger partial charge < -0.3 is 4.74 Å². The van der Waals surface area contributed by atoms with Gasteiger partial charge in [-0.1, -0.05) is 0 Å². The number of aromatic nitrogens is 1. The second kappa shape index (κ2) is 4.51. The van der Waals surface area contributed by atoms with Gasteiger partial charge in [0.15, 0.2) is 0 Å². The van der Waals surface area contributed by atoms with Crippen molar-refractivity contribution in [2.75, 3.05) is 26.3 Å². The van der Waals surface area contributed by atoms with Crippen LogP contribution in [-0.4, -0.2) is 36.2 Å². The average Bonchev–Trinajstić information content (AvgIpc) is 2.74. The minimum Gasteiger partial charge on any atom is -0.379 e. The molecular formula is C9H11N3OS. The SMILES string of the molecule is N#CC(c1cscn1)N1CCOCC1. The van der Waals surface area contributed by atoms with Gasteiger partial charge in [-0.15, -0.1) is 11.3 Å². The van der Waals surface area contributed by atoms with Crippen LogP contribution in [0.3, 0.4) is 0 Å². The maximum absolute atomic E-state index is 9.08. The minimum absolute atomic E-state index is 0.204. The van der Waals surface area contributed by atoms with Gasteiger partial charge in [0.25, 0.3) is 0 Å². The molecule has 0 spiro atoms. The fourth-order valence-electron chi connectivity index (χ4n) is 1.53. The van der Waals surface area contributed by atoms with Gasteiger partial charge in [0.2, 0.25) is 0 Å². The molecule has 1 aliphatic heterocycles. The molecular weight excluding hydrogens is 198 g/mol. The van der Waals surface area contributed by atoms with Gasteiger partial charge in [0.1, 0.15) is 6.04 Å². The Morgan fingerprint density at radius 2 is 2.36 bits per heavy atom. The highest BCUT2D eigenvalue weighted by molar-refractivity contribution is 7.07. The van der Waals surface area contributed by atoms with E-state index in [1.807, 2.05) is 5.38 Å². The first kappa shape index (κ1) is 9.59. The second-order valence-corrected chi connectivity index (χ2v) is 3.81. The summed E-state index contributed by atoms with van der Waals surface area (Å²) in [5, 5.41) is 11.0. The maximum atomic E-state index is 9.08. The molecule has 0 aliphatic carbocycles. The van der Waals surface area contributed by atoms with Crippen LogP contribution in [0.15, 0.2) is 10.9 Å². The van der Waals surface area contributed by atoms with Crippen molar-refractivity contribution >= 4 is 11.3 Å². The van der Waals surface area contributed by atoms with Gasteiger partial charge in [0, 0.05) is 18.5 Å². The van der Waals surface area contributed by atoms with Crippen molar-refractivity contribution in [1.29, 1.82) is 5.26 Å². The molecule has 0 aromatic carbocycles. The van der Waals surface area contributed by atoms with Crippen LogP contribution in [0.5, 0.6) is 0 Å². The van der Waals surface area contributed by atoms with Crippen molar-refractivity contribution in [3.63, 3.8) is 0 Å². The van der Waals surface area contributed by atoms with E-state index in [-0.39, 0.29) is 6.04 Å². The molecule has 1 atom stereocenters. The largest absolute Gasteiger partial charge is 0.379 e. The molecule has 1 aromatic rings. The van der Waals surface area contributed by atoms with E-state index in [4.69, 9.17) is 10.00 Å². The Kier molecular flexibility index (Phi) is 3.09. The third-order valence-electron chi connectivity index (χ3n) is 2.26. The van der Waals surface area contributed by atoms with E-state index in [1.54, 1.807) is 5.51 Å². The summed E-state index contributed by atoms with van der Waals surface area (Å²) in [7, 11) is 0. The Morgan fingerprint density at radius 1 is 1.57 bits per heavy atom. The van der Waals surface area contributed by atoms with E-state index >= 15 is 0 Å². The topological polar surface area (TPSA) is 49.2 Å². The lowest BCUT2D eigenvalue weighted by atomic mass is 10.2. The molecule has 1 aliphatic rings. The molecule has 1 unspecified atom stereocenters. The number of morpholine rings is 1. The Bertz CT molecular complexity index is 313. The van der Waals surface area contributed by atoms with E-state index in [9.17, 15) is 0 Å². The first-order valence-corrected chi connectivity index (χ1v) is 5.45. The minimum atomic E-state index is -0.204. The zero-order chi connectivity index (χ0) is 9.80. The van der Waals surface area contributed by atoms with Crippen molar-refractivity contribution in [1.82, 2.24) is 9.88 Å². The summed E-state index contributed by atoms with van der Waals surface area (Å²) in [6, 6.07) is 2.09. The zero-order valence-corrected chi connectivity index (χ0v) is 8.54. The summed E-state index contributed by atoms with van der Waals surface area (Å²) in [5.41, 5.74) is 2.62. The van der Waals surface area contributed by atoms with Crippen LogP contribution < -0.4 is 0 Å². The van der Waals surface area contributed by atoms with Gasteiger partial charge in [-0.3, -0.25) is 4.90 Å². The number of nitrogens with zero attached hydrogens (tertiary/aromatic N) is 3. The number of thiazole rings is 1. The summed E-state index contributed by atoms with van der Waals surface area (Å²) < 4.78 is 5.24. The lowest BCUT2D eigenvalue weighted by molar-refractivity contribution is 0.0260. The standard InChI is InChI=1S/C9H11N3OS/c10-5-9(8-6-14-7-11-8)12-1-3-13-4-2-12/h6-7,9H,1-4H2. The van der Waals surface area contributed by atoms with Crippen molar-refractivity contribution in [2.45, 2.75) is 6.04 Å². The molecule has 2 rings (SSSR count). The normalized spacial score (nSPS) is 20.2. The third-order valence-corrected chi connectivity index (χ3v) is 2.87. The smallest absolute Gasteiger partial charge is 0.141 e. The van der Waals surface area contributed by atoms with Crippen LogP contribution in [0.4, 0.5) is 0 Å². The van der Waals surface area contributed by atoms with Gasteiger partial charge in [-0.05, 0) is 0 Å². The van der Waals surface area contributed by atoms with Crippen LogP contribution in [0, 0.1) is 11.3 Å². The van der Waals surface area contributed by atoms with Crippen LogP contribution in [-0.2, 0) is 4.74 Å². The van der Waals surface area contributed by atoms with Gasteiger partial charge in [0.05, 0.1) is 30.5 Å². The molecule has 0 N–H and O–H groups in total. The number of rotatable bonds is 2. The van der Waals surface area contributed by atoms with Crippen molar-refractivity contribution < 1.29 is 4.74 Å². The number of nitriles is 1. The maximum Gasteiger partial charge on any atom is 0.141 e. The number of ether oxygens (including phenoxy) is 1. The molecule has 0 saturated carbocycles. The van der Waals surface area contributed by atoms with Gasteiger partial charge in [-0.25, -0.2) is 4.98 Å². The first-order valence-electron chi connectivity index (χ1n) is 4.51. The molecule has 5 heteroatoms. The summed E-state index contributed by atoms with van der Waals surface area (Å²) >= 11 is 1.53. The van der Waals surface area contributed by atoms with E-state index in [0.717, 1.165) is 18.8 Å². The molecule has 0 bridgehead atoms. The van der Waals surface area contributed by atoms with Crippen LogP contribution in [0.1, 0.15) is 11.7 Å². The van der Waals surface area contributed by atoms with Crippen LogP contribution in [0.2, 0.25) is 0 Å². The monoisotopic (exact) mass is 209 g/mol. The fraction of sp³-hybridized carbons (Fsp3) is 0.556. The molecule has 1 fully saturated rings. The molecule has 14 heavy (non-hydrogen) atoms.